The highest BCUT2D eigenvalue weighted by Crippen LogP contribution is 2.39. The zero-order valence-corrected chi connectivity index (χ0v) is 9.79. The summed E-state index contributed by atoms with van der Waals surface area (Å²) in [7, 11) is 0. The first-order valence-electron chi connectivity index (χ1n) is 6.04. The summed E-state index contributed by atoms with van der Waals surface area (Å²) >= 11 is 0. The summed E-state index contributed by atoms with van der Waals surface area (Å²) < 4.78 is 0. The number of hydrogen-bond donors (Lipinski definition) is 1. The summed E-state index contributed by atoms with van der Waals surface area (Å²) in [6.07, 6.45) is 5.43. The fraction of sp³-hybridized carbons (Fsp3) is 0.571. The summed E-state index contributed by atoms with van der Waals surface area (Å²) in [4.78, 5) is 0. The van der Waals surface area contributed by atoms with Crippen LogP contribution in [0.4, 0.5) is 5.69 Å². The van der Waals surface area contributed by atoms with Crippen molar-refractivity contribution in [3.63, 3.8) is 0 Å². The molecule has 0 aromatic heterocycles. The van der Waals surface area contributed by atoms with E-state index in [-0.39, 0.29) is 0 Å². The number of rotatable bonds is 1. The molecule has 0 saturated heterocycles. The Bertz CT molecular complexity index is 343. The van der Waals surface area contributed by atoms with E-state index in [2.05, 4.69) is 32.0 Å². The largest absolute Gasteiger partial charge is 0.398 e. The van der Waals surface area contributed by atoms with Crippen molar-refractivity contribution in [3.05, 3.63) is 29.3 Å². The second-order valence-electron chi connectivity index (χ2n) is 5.00. The van der Waals surface area contributed by atoms with Crippen LogP contribution in [0.15, 0.2) is 18.2 Å². The molecule has 2 rings (SSSR count). The molecule has 0 radical (unpaired) electrons. The Kier molecular flexibility index (Phi) is 2.99. The van der Waals surface area contributed by atoms with E-state index in [1.54, 1.807) is 0 Å². The maximum Gasteiger partial charge on any atom is 0.0352 e. The van der Waals surface area contributed by atoms with Crippen molar-refractivity contribution in [1.29, 1.82) is 0 Å². The third-order valence-corrected chi connectivity index (χ3v) is 3.75. The molecular formula is C14H21N. The van der Waals surface area contributed by atoms with Crippen LogP contribution >= 0.6 is 0 Å². The van der Waals surface area contributed by atoms with Crippen LogP contribution in [0.25, 0.3) is 0 Å². The molecule has 1 saturated carbocycles. The summed E-state index contributed by atoms with van der Waals surface area (Å²) in [5, 5.41) is 0. The number of nitrogens with two attached hydrogens (primary N) is 1. The van der Waals surface area contributed by atoms with Crippen molar-refractivity contribution >= 4 is 5.69 Å². The lowest BCUT2D eigenvalue weighted by Gasteiger charge is -2.30. The van der Waals surface area contributed by atoms with Gasteiger partial charge in [-0.3, -0.25) is 0 Å². The minimum Gasteiger partial charge on any atom is -0.398 e. The maximum atomic E-state index is 6.11. The highest BCUT2D eigenvalue weighted by atomic mass is 14.6. The molecule has 1 fully saturated rings. The molecule has 1 aromatic carbocycles. The fourth-order valence-electron chi connectivity index (χ4n) is 2.81. The van der Waals surface area contributed by atoms with E-state index in [0.29, 0.717) is 5.92 Å². The molecule has 0 spiro atoms. The zero-order chi connectivity index (χ0) is 10.8. The van der Waals surface area contributed by atoms with Crippen molar-refractivity contribution < 1.29 is 0 Å². The van der Waals surface area contributed by atoms with Gasteiger partial charge in [0, 0.05) is 5.69 Å². The van der Waals surface area contributed by atoms with Crippen LogP contribution in [-0.4, -0.2) is 0 Å². The molecule has 1 aliphatic rings. The molecule has 15 heavy (non-hydrogen) atoms. The van der Waals surface area contributed by atoms with E-state index < -0.39 is 0 Å². The lowest BCUT2D eigenvalue weighted by atomic mass is 9.76. The van der Waals surface area contributed by atoms with Crippen LogP contribution < -0.4 is 5.73 Å². The van der Waals surface area contributed by atoms with Gasteiger partial charge in [-0.05, 0) is 42.4 Å². The van der Waals surface area contributed by atoms with Crippen molar-refractivity contribution in [2.45, 2.75) is 45.4 Å². The van der Waals surface area contributed by atoms with Gasteiger partial charge in [-0.2, -0.15) is 0 Å². The third-order valence-electron chi connectivity index (χ3n) is 3.75. The zero-order valence-electron chi connectivity index (χ0n) is 9.79. The number of hydrogen-bond acceptors (Lipinski definition) is 1. The maximum absolute atomic E-state index is 6.11. The first kappa shape index (κ1) is 10.5. The van der Waals surface area contributed by atoms with E-state index in [1.807, 2.05) is 0 Å². The molecule has 1 nitrogen and oxygen atoms in total. The second kappa shape index (κ2) is 4.26. The average molecular weight is 203 g/mol. The number of aryl methyl sites for hydroxylation is 1. The van der Waals surface area contributed by atoms with E-state index in [4.69, 9.17) is 5.73 Å². The molecule has 2 unspecified atom stereocenters. The second-order valence-corrected chi connectivity index (χ2v) is 5.00. The van der Waals surface area contributed by atoms with E-state index in [1.165, 1.54) is 36.8 Å². The number of nitrogen functional groups attached to an aromatic ring is 1. The van der Waals surface area contributed by atoms with Gasteiger partial charge >= 0.3 is 0 Å². The van der Waals surface area contributed by atoms with Crippen LogP contribution in [0.2, 0.25) is 0 Å². The van der Waals surface area contributed by atoms with Gasteiger partial charge in [0.05, 0.1) is 0 Å². The van der Waals surface area contributed by atoms with Crippen molar-refractivity contribution in [1.82, 2.24) is 0 Å². The molecule has 0 aliphatic heterocycles. The molecule has 2 N–H and O–H groups in total. The molecular weight excluding hydrogens is 182 g/mol. The van der Waals surface area contributed by atoms with E-state index in [9.17, 15) is 0 Å². The Morgan fingerprint density at radius 3 is 2.60 bits per heavy atom. The average Bonchev–Trinajstić information content (AvgIpc) is 2.20. The molecule has 1 heteroatoms. The first-order valence-corrected chi connectivity index (χ1v) is 6.04. The summed E-state index contributed by atoms with van der Waals surface area (Å²) in [5.41, 5.74) is 9.75. The van der Waals surface area contributed by atoms with Gasteiger partial charge in [0.2, 0.25) is 0 Å². The highest BCUT2D eigenvalue weighted by molar-refractivity contribution is 5.51. The Balaban J connectivity index is 2.27. The Morgan fingerprint density at radius 2 is 1.93 bits per heavy atom. The van der Waals surface area contributed by atoms with Crippen molar-refractivity contribution in [3.8, 4) is 0 Å². The number of benzene rings is 1. The summed E-state index contributed by atoms with van der Waals surface area (Å²) in [6, 6.07) is 6.53. The van der Waals surface area contributed by atoms with Crippen LogP contribution in [0.3, 0.4) is 0 Å². The molecule has 0 amide bonds. The van der Waals surface area contributed by atoms with Crippen LogP contribution in [0.5, 0.6) is 0 Å². The monoisotopic (exact) mass is 203 g/mol. The summed E-state index contributed by atoms with van der Waals surface area (Å²) in [5.74, 6) is 1.49. The summed E-state index contributed by atoms with van der Waals surface area (Å²) in [6.45, 7) is 4.47. The van der Waals surface area contributed by atoms with Gasteiger partial charge in [-0.15, -0.1) is 0 Å². The molecule has 0 heterocycles. The fourth-order valence-corrected chi connectivity index (χ4v) is 2.81. The quantitative estimate of drug-likeness (QED) is 0.689. The Labute approximate surface area is 92.7 Å². The lowest BCUT2D eigenvalue weighted by molar-refractivity contribution is 0.331. The van der Waals surface area contributed by atoms with Gasteiger partial charge in [0.15, 0.2) is 0 Å². The molecule has 82 valence electrons. The van der Waals surface area contributed by atoms with Crippen molar-refractivity contribution in [2.75, 3.05) is 5.73 Å². The topological polar surface area (TPSA) is 26.0 Å². The minimum atomic E-state index is 0.694. The van der Waals surface area contributed by atoms with Gasteiger partial charge in [0.1, 0.15) is 0 Å². The van der Waals surface area contributed by atoms with Gasteiger partial charge in [0.25, 0.3) is 0 Å². The first-order chi connectivity index (χ1) is 7.18. The van der Waals surface area contributed by atoms with Crippen LogP contribution in [0.1, 0.15) is 49.7 Å². The SMILES string of the molecule is Cc1ccc(C2CCCCC2C)c(N)c1. The van der Waals surface area contributed by atoms with Gasteiger partial charge in [-0.1, -0.05) is 38.3 Å². The lowest BCUT2D eigenvalue weighted by Crippen LogP contribution is -2.16. The smallest absolute Gasteiger partial charge is 0.0352 e. The predicted molar refractivity (Wildman–Crippen MR) is 66.0 cm³/mol. The molecule has 1 aromatic rings. The van der Waals surface area contributed by atoms with Crippen molar-refractivity contribution in [2.24, 2.45) is 5.92 Å². The van der Waals surface area contributed by atoms with Gasteiger partial charge in [-0.25, -0.2) is 0 Å². The van der Waals surface area contributed by atoms with E-state index in [0.717, 1.165) is 11.6 Å². The van der Waals surface area contributed by atoms with Crippen LogP contribution in [-0.2, 0) is 0 Å². The standard InChI is InChI=1S/C14H21N/c1-10-7-8-13(14(15)9-10)12-6-4-3-5-11(12)2/h7-9,11-12H,3-6,15H2,1-2H3. The molecule has 0 bridgehead atoms. The predicted octanol–water partition coefficient (Wildman–Crippen LogP) is 3.87. The third kappa shape index (κ3) is 2.17. The van der Waals surface area contributed by atoms with E-state index >= 15 is 0 Å². The minimum absolute atomic E-state index is 0.694. The molecule has 2 atom stereocenters. The Hall–Kier alpha value is -0.980. The normalized spacial score (nSPS) is 26.5. The van der Waals surface area contributed by atoms with Crippen LogP contribution in [0, 0.1) is 12.8 Å². The highest BCUT2D eigenvalue weighted by Gasteiger charge is 2.24. The molecule has 1 aliphatic carbocycles. The van der Waals surface area contributed by atoms with Gasteiger partial charge < -0.3 is 5.73 Å². The number of anilines is 1. The Morgan fingerprint density at radius 1 is 1.20 bits per heavy atom.